The van der Waals surface area contributed by atoms with E-state index in [0.717, 1.165) is 12.8 Å². The standard InChI is InChI=1S/C17H21N.ClH/c1-17(2,18)16-12-10-15(11-13-16)9-8-14-6-4-3-5-7-14;/h3-7,10-13H,8-9,18H2,1-2H3;1H. The summed E-state index contributed by atoms with van der Waals surface area (Å²) in [6.45, 7) is 4.07. The van der Waals surface area contributed by atoms with E-state index in [1.165, 1.54) is 16.7 Å². The monoisotopic (exact) mass is 275 g/mol. The fraction of sp³-hybridized carbons (Fsp3) is 0.294. The third-order valence-corrected chi connectivity index (χ3v) is 3.24. The van der Waals surface area contributed by atoms with E-state index in [0.29, 0.717) is 0 Å². The largest absolute Gasteiger partial charge is 0.322 e. The Morgan fingerprint density at radius 3 is 1.74 bits per heavy atom. The lowest BCUT2D eigenvalue weighted by Gasteiger charge is -2.19. The van der Waals surface area contributed by atoms with Crippen LogP contribution in [-0.4, -0.2) is 0 Å². The highest BCUT2D eigenvalue weighted by atomic mass is 35.5. The first-order chi connectivity index (χ1) is 8.55. The molecule has 0 bridgehead atoms. The van der Waals surface area contributed by atoms with Crippen molar-refractivity contribution in [2.24, 2.45) is 5.73 Å². The summed E-state index contributed by atoms with van der Waals surface area (Å²) in [7, 11) is 0. The van der Waals surface area contributed by atoms with Crippen molar-refractivity contribution in [3.63, 3.8) is 0 Å². The average molecular weight is 276 g/mol. The molecule has 0 saturated carbocycles. The summed E-state index contributed by atoms with van der Waals surface area (Å²) in [6, 6.07) is 19.3. The van der Waals surface area contributed by atoms with E-state index in [1.54, 1.807) is 0 Å². The minimum absolute atomic E-state index is 0. The molecule has 2 aromatic carbocycles. The third kappa shape index (κ3) is 4.70. The van der Waals surface area contributed by atoms with Gasteiger partial charge in [-0.15, -0.1) is 12.4 Å². The summed E-state index contributed by atoms with van der Waals surface area (Å²) in [5.74, 6) is 0. The number of nitrogens with two attached hydrogens (primary N) is 1. The summed E-state index contributed by atoms with van der Waals surface area (Å²) in [6.07, 6.45) is 2.17. The van der Waals surface area contributed by atoms with Crippen molar-refractivity contribution in [3.05, 3.63) is 71.3 Å². The van der Waals surface area contributed by atoms with Crippen molar-refractivity contribution in [3.8, 4) is 0 Å². The lowest BCUT2D eigenvalue weighted by Crippen LogP contribution is -2.28. The Morgan fingerprint density at radius 2 is 1.26 bits per heavy atom. The van der Waals surface area contributed by atoms with Gasteiger partial charge in [-0.05, 0) is 43.4 Å². The molecule has 2 rings (SSSR count). The highest BCUT2D eigenvalue weighted by Gasteiger charge is 2.12. The molecule has 0 aliphatic heterocycles. The quantitative estimate of drug-likeness (QED) is 0.894. The first-order valence-corrected chi connectivity index (χ1v) is 6.48. The Morgan fingerprint density at radius 1 is 0.789 bits per heavy atom. The van der Waals surface area contributed by atoms with Gasteiger partial charge in [0.1, 0.15) is 0 Å². The molecular weight excluding hydrogens is 254 g/mol. The molecule has 0 amide bonds. The Bertz CT molecular complexity index is 483. The highest BCUT2D eigenvalue weighted by Crippen LogP contribution is 2.17. The molecule has 0 aliphatic rings. The van der Waals surface area contributed by atoms with Crippen LogP contribution in [0.3, 0.4) is 0 Å². The molecule has 0 aliphatic carbocycles. The fourth-order valence-electron chi connectivity index (χ4n) is 2.03. The number of aryl methyl sites for hydroxylation is 2. The maximum Gasteiger partial charge on any atom is 0.0352 e. The van der Waals surface area contributed by atoms with Crippen LogP contribution in [0.5, 0.6) is 0 Å². The van der Waals surface area contributed by atoms with Crippen LogP contribution in [0.25, 0.3) is 0 Å². The second-order valence-corrected chi connectivity index (χ2v) is 5.40. The topological polar surface area (TPSA) is 26.0 Å². The zero-order valence-corrected chi connectivity index (χ0v) is 12.4. The normalized spacial score (nSPS) is 10.9. The summed E-state index contributed by atoms with van der Waals surface area (Å²) in [5, 5.41) is 0. The number of hydrogen-bond donors (Lipinski definition) is 1. The lowest BCUT2D eigenvalue weighted by molar-refractivity contribution is 0.554. The molecule has 19 heavy (non-hydrogen) atoms. The first kappa shape index (κ1) is 15.7. The third-order valence-electron chi connectivity index (χ3n) is 3.24. The van der Waals surface area contributed by atoms with Crippen LogP contribution < -0.4 is 5.73 Å². The highest BCUT2D eigenvalue weighted by molar-refractivity contribution is 5.85. The van der Waals surface area contributed by atoms with Crippen LogP contribution >= 0.6 is 12.4 Å². The van der Waals surface area contributed by atoms with Gasteiger partial charge in [-0.3, -0.25) is 0 Å². The Kier molecular flexibility index (Phi) is 5.59. The van der Waals surface area contributed by atoms with Gasteiger partial charge in [0.05, 0.1) is 0 Å². The Hall–Kier alpha value is -1.31. The van der Waals surface area contributed by atoms with Gasteiger partial charge in [-0.2, -0.15) is 0 Å². The van der Waals surface area contributed by atoms with Crippen molar-refractivity contribution in [1.82, 2.24) is 0 Å². The minimum Gasteiger partial charge on any atom is -0.322 e. The van der Waals surface area contributed by atoms with Crippen molar-refractivity contribution in [1.29, 1.82) is 0 Å². The van der Waals surface area contributed by atoms with E-state index in [-0.39, 0.29) is 17.9 Å². The molecule has 2 N–H and O–H groups in total. The number of benzene rings is 2. The molecule has 0 spiro atoms. The van der Waals surface area contributed by atoms with Gasteiger partial charge in [-0.25, -0.2) is 0 Å². The number of hydrogen-bond acceptors (Lipinski definition) is 1. The molecule has 2 aromatic rings. The van der Waals surface area contributed by atoms with Crippen molar-refractivity contribution >= 4 is 12.4 Å². The van der Waals surface area contributed by atoms with Crippen LogP contribution in [0.15, 0.2) is 54.6 Å². The van der Waals surface area contributed by atoms with Crippen LogP contribution in [0, 0.1) is 0 Å². The molecule has 0 aromatic heterocycles. The maximum absolute atomic E-state index is 6.07. The molecule has 0 unspecified atom stereocenters. The van der Waals surface area contributed by atoms with E-state index in [9.17, 15) is 0 Å². The summed E-state index contributed by atoms with van der Waals surface area (Å²) in [5.41, 5.74) is 9.76. The molecule has 0 fully saturated rings. The van der Waals surface area contributed by atoms with E-state index < -0.39 is 0 Å². The van der Waals surface area contributed by atoms with Crippen molar-refractivity contribution < 1.29 is 0 Å². The Balaban J connectivity index is 0.00000180. The van der Waals surface area contributed by atoms with Crippen LogP contribution in [-0.2, 0) is 18.4 Å². The van der Waals surface area contributed by atoms with E-state index in [1.807, 2.05) is 13.8 Å². The average Bonchev–Trinajstić information content (AvgIpc) is 2.37. The fourth-order valence-corrected chi connectivity index (χ4v) is 2.03. The molecular formula is C17H22ClN. The summed E-state index contributed by atoms with van der Waals surface area (Å²) >= 11 is 0. The van der Waals surface area contributed by atoms with Gasteiger partial charge in [-0.1, -0.05) is 54.6 Å². The van der Waals surface area contributed by atoms with Gasteiger partial charge in [0, 0.05) is 5.54 Å². The molecule has 0 saturated heterocycles. The first-order valence-electron chi connectivity index (χ1n) is 6.48. The van der Waals surface area contributed by atoms with E-state index in [4.69, 9.17) is 5.73 Å². The van der Waals surface area contributed by atoms with Gasteiger partial charge in [0.25, 0.3) is 0 Å². The van der Waals surface area contributed by atoms with Crippen LogP contribution in [0.1, 0.15) is 30.5 Å². The van der Waals surface area contributed by atoms with Gasteiger partial charge in [0.2, 0.25) is 0 Å². The summed E-state index contributed by atoms with van der Waals surface area (Å²) in [4.78, 5) is 0. The smallest absolute Gasteiger partial charge is 0.0352 e. The molecule has 1 nitrogen and oxygen atoms in total. The summed E-state index contributed by atoms with van der Waals surface area (Å²) < 4.78 is 0. The number of rotatable bonds is 4. The van der Waals surface area contributed by atoms with Gasteiger partial charge < -0.3 is 5.73 Å². The number of halogens is 1. The zero-order valence-electron chi connectivity index (χ0n) is 11.6. The van der Waals surface area contributed by atoms with E-state index >= 15 is 0 Å². The molecule has 0 radical (unpaired) electrons. The van der Waals surface area contributed by atoms with Gasteiger partial charge >= 0.3 is 0 Å². The molecule has 102 valence electrons. The van der Waals surface area contributed by atoms with Crippen molar-refractivity contribution in [2.75, 3.05) is 0 Å². The molecule has 0 heterocycles. The predicted molar refractivity (Wildman–Crippen MR) is 84.8 cm³/mol. The molecule has 0 atom stereocenters. The van der Waals surface area contributed by atoms with Crippen LogP contribution in [0.4, 0.5) is 0 Å². The molecule has 2 heteroatoms. The predicted octanol–water partition coefficient (Wildman–Crippen LogP) is 4.09. The Labute approximate surface area is 122 Å². The lowest BCUT2D eigenvalue weighted by atomic mass is 9.94. The second kappa shape index (κ2) is 6.74. The van der Waals surface area contributed by atoms with Crippen molar-refractivity contribution in [2.45, 2.75) is 32.2 Å². The van der Waals surface area contributed by atoms with E-state index in [2.05, 4.69) is 54.6 Å². The second-order valence-electron chi connectivity index (χ2n) is 5.40. The van der Waals surface area contributed by atoms with Crippen LogP contribution in [0.2, 0.25) is 0 Å². The minimum atomic E-state index is -0.252. The van der Waals surface area contributed by atoms with Gasteiger partial charge in [0.15, 0.2) is 0 Å². The SMILES string of the molecule is CC(C)(N)c1ccc(CCc2ccccc2)cc1.Cl. The zero-order chi connectivity index (χ0) is 13.0. The maximum atomic E-state index is 6.07.